The second-order valence-corrected chi connectivity index (χ2v) is 6.93. The van der Waals surface area contributed by atoms with E-state index in [1.54, 1.807) is 0 Å². The van der Waals surface area contributed by atoms with E-state index in [2.05, 4.69) is 66.0 Å². The standard InChI is InChI=1S/C16H26BrClN2/c1-6-20(7-2)16(3,4)15(19-5)10-12-8-9-13(17)11-14(12)18/h8-9,11,15,19H,6-7,10H2,1-5H3. The van der Waals surface area contributed by atoms with E-state index in [-0.39, 0.29) is 5.54 Å². The predicted octanol–water partition coefficient (Wildman–Crippen LogP) is 4.35. The summed E-state index contributed by atoms with van der Waals surface area (Å²) in [6, 6.07) is 6.47. The second kappa shape index (κ2) is 7.79. The average Bonchev–Trinajstić information content (AvgIpc) is 2.38. The van der Waals surface area contributed by atoms with Gasteiger partial charge in [0.2, 0.25) is 0 Å². The zero-order valence-corrected chi connectivity index (χ0v) is 15.5. The average molecular weight is 362 g/mol. The highest BCUT2D eigenvalue weighted by Crippen LogP contribution is 2.27. The van der Waals surface area contributed by atoms with Crippen LogP contribution in [0.2, 0.25) is 5.02 Å². The minimum atomic E-state index is 0.0780. The van der Waals surface area contributed by atoms with Crippen molar-refractivity contribution in [1.29, 1.82) is 0 Å². The number of rotatable bonds is 7. The summed E-state index contributed by atoms with van der Waals surface area (Å²) in [5.74, 6) is 0. The molecule has 4 heteroatoms. The third kappa shape index (κ3) is 4.20. The summed E-state index contributed by atoms with van der Waals surface area (Å²) in [5.41, 5.74) is 1.27. The first-order valence-corrected chi connectivity index (χ1v) is 8.40. The number of halogens is 2. The fraction of sp³-hybridized carbons (Fsp3) is 0.625. The molecule has 114 valence electrons. The highest BCUT2D eigenvalue weighted by atomic mass is 79.9. The minimum Gasteiger partial charge on any atom is -0.315 e. The van der Waals surface area contributed by atoms with Crippen LogP contribution in [0.3, 0.4) is 0 Å². The molecule has 0 aliphatic carbocycles. The molecular formula is C16H26BrClN2. The van der Waals surface area contributed by atoms with Crippen LogP contribution in [0.4, 0.5) is 0 Å². The number of nitrogens with one attached hydrogen (secondary N) is 1. The van der Waals surface area contributed by atoms with Crippen molar-refractivity contribution in [3.63, 3.8) is 0 Å². The van der Waals surface area contributed by atoms with E-state index in [1.807, 2.05) is 13.1 Å². The molecule has 0 saturated heterocycles. The molecule has 0 aliphatic heterocycles. The van der Waals surface area contributed by atoms with Crippen LogP contribution in [0.1, 0.15) is 33.3 Å². The highest BCUT2D eigenvalue weighted by molar-refractivity contribution is 9.10. The fourth-order valence-electron chi connectivity index (χ4n) is 2.87. The van der Waals surface area contributed by atoms with Gasteiger partial charge in [0.05, 0.1) is 0 Å². The van der Waals surface area contributed by atoms with Crippen molar-refractivity contribution in [3.8, 4) is 0 Å². The first-order chi connectivity index (χ1) is 9.36. The van der Waals surface area contributed by atoms with Crippen molar-refractivity contribution in [3.05, 3.63) is 33.3 Å². The van der Waals surface area contributed by atoms with Crippen molar-refractivity contribution >= 4 is 27.5 Å². The molecule has 0 aromatic heterocycles. The number of likely N-dealkylation sites (N-methyl/N-ethyl adjacent to an activating group) is 2. The Morgan fingerprint density at radius 2 is 1.90 bits per heavy atom. The largest absolute Gasteiger partial charge is 0.315 e. The van der Waals surface area contributed by atoms with Crippen molar-refractivity contribution in [1.82, 2.24) is 10.2 Å². The number of hydrogen-bond acceptors (Lipinski definition) is 2. The van der Waals surface area contributed by atoms with Crippen molar-refractivity contribution in [2.24, 2.45) is 0 Å². The van der Waals surface area contributed by atoms with Crippen LogP contribution in [0.5, 0.6) is 0 Å². The summed E-state index contributed by atoms with van der Waals surface area (Å²) in [5, 5.41) is 4.30. The first kappa shape index (κ1) is 18.0. The molecule has 0 spiro atoms. The van der Waals surface area contributed by atoms with Gasteiger partial charge in [-0.25, -0.2) is 0 Å². The van der Waals surface area contributed by atoms with Gasteiger partial charge in [-0.2, -0.15) is 0 Å². The van der Waals surface area contributed by atoms with Crippen LogP contribution in [0.25, 0.3) is 0 Å². The lowest BCUT2D eigenvalue weighted by Gasteiger charge is -2.43. The Bertz CT molecular complexity index is 430. The smallest absolute Gasteiger partial charge is 0.0449 e. The molecule has 1 atom stereocenters. The van der Waals surface area contributed by atoms with E-state index >= 15 is 0 Å². The molecule has 1 aromatic carbocycles. The zero-order valence-electron chi connectivity index (χ0n) is 13.1. The van der Waals surface area contributed by atoms with Gasteiger partial charge in [-0.15, -0.1) is 0 Å². The molecule has 0 aliphatic rings. The zero-order chi connectivity index (χ0) is 15.3. The Morgan fingerprint density at radius 1 is 1.30 bits per heavy atom. The summed E-state index contributed by atoms with van der Waals surface area (Å²) in [7, 11) is 2.03. The van der Waals surface area contributed by atoms with E-state index in [0.29, 0.717) is 6.04 Å². The molecule has 1 unspecified atom stereocenters. The molecule has 0 bridgehead atoms. The summed E-state index contributed by atoms with van der Waals surface area (Å²) in [4.78, 5) is 2.49. The van der Waals surface area contributed by atoms with Crippen LogP contribution in [-0.4, -0.2) is 36.6 Å². The molecular weight excluding hydrogens is 336 g/mol. The van der Waals surface area contributed by atoms with Gasteiger partial charge in [-0.1, -0.05) is 47.4 Å². The summed E-state index contributed by atoms with van der Waals surface area (Å²) in [6.07, 6.45) is 0.923. The van der Waals surface area contributed by atoms with Crippen LogP contribution in [-0.2, 0) is 6.42 Å². The van der Waals surface area contributed by atoms with Crippen LogP contribution in [0, 0.1) is 0 Å². The van der Waals surface area contributed by atoms with E-state index < -0.39 is 0 Å². The Morgan fingerprint density at radius 3 is 2.35 bits per heavy atom. The van der Waals surface area contributed by atoms with Crippen molar-refractivity contribution in [2.45, 2.75) is 45.7 Å². The van der Waals surface area contributed by atoms with Gasteiger partial charge < -0.3 is 5.32 Å². The van der Waals surface area contributed by atoms with Gasteiger partial charge in [0, 0.05) is 21.1 Å². The van der Waals surface area contributed by atoms with Gasteiger partial charge in [-0.05, 0) is 58.1 Å². The van der Waals surface area contributed by atoms with E-state index in [9.17, 15) is 0 Å². The normalized spacial score (nSPS) is 13.8. The molecule has 2 nitrogen and oxygen atoms in total. The molecule has 0 heterocycles. The van der Waals surface area contributed by atoms with Crippen LogP contribution >= 0.6 is 27.5 Å². The molecule has 0 amide bonds. The minimum absolute atomic E-state index is 0.0780. The van der Waals surface area contributed by atoms with Gasteiger partial charge in [0.1, 0.15) is 0 Å². The molecule has 20 heavy (non-hydrogen) atoms. The summed E-state index contributed by atoms with van der Waals surface area (Å²) < 4.78 is 1.02. The SMILES string of the molecule is CCN(CC)C(C)(C)C(Cc1ccc(Br)cc1Cl)NC. The van der Waals surface area contributed by atoms with Crippen molar-refractivity contribution in [2.75, 3.05) is 20.1 Å². The number of benzene rings is 1. The third-order valence-corrected chi connectivity index (χ3v) is 5.06. The summed E-state index contributed by atoms with van der Waals surface area (Å²) in [6.45, 7) is 11.1. The van der Waals surface area contributed by atoms with E-state index in [0.717, 1.165) is 29.0 Å². The molecule has 0 saturated carbocycles. The summed E-state index contributed by atoms with van der Waals surface area (Å²) >= 11 is 9.81. The Labute approximate surface area is 137 Å². The number of hydrogen-bond donors (Lipinski definition) is 1. The topological polar surface area (TPSA) is 15.3 Å². The Balaban J connectivity index is 2.96. The molecule has 1 aromatic rings. The highest BCUT2D eigenvalue weighted by Gasteiger charge is 2.33. The third-order valence-electron chi connectivity index (χ3n) is 4.22. The Kier molecular flexibility index (Phi) is 6.99. The Hall–Kier alpha value is -0.0900. The molecule has 1 rings (SSSR count). The molecule has 0 radical (unpaired) electrons. The van der Waals surface area contributed by atoms with Crippen LogP contribution in [0.15, 0.2) is 22.7 Å². The van der Waals surface area contributed by atoms with Gasteiger partial charge in [0.15, 0.2) is 0 Å². The number of nitrogens with zero attached hydrogens (tertiary/aromatic N) is 1. The monoisotopic (exact) mass is 360 g/mol. The molecule has 1 N–H and O–H groups in total. The van der Waals surface area contributed by atoms with Gasteiger partial charge in [-0.3, -0.25) is 4.90 Å². The second-order valence-electron chi connectivity index (χ2n) is 5.61. The quantitative estimate of drug-likeness (QED) is 0.776. The lowest BCUT2D eigenvalue weighted by Crippen LogP contribution is -2.57. The maximum Gasteiger partial charge on any atom is 0.0449 e. The van der Waals surface area contributed by atoms with Crippen molar-refractivity contribution < 1.29 is 0 Å². The van der Waals surface area contributed by atoms with Crippen LogP contribution < -0.4 is 5.32 Å². The lowest BCUT2D eigenvalue weighted by atomic mass is 9.87. The maximum atomic E-state index is 6.36. The lowest BCUT2D eigenvalue weighted by molar-refractivity contribution is 0.0944. The van der Waals surface area contributed by atoms with E-state index in [1.165, 1.54) is 5.56 Å². The predicted molar refractivity (Wildman–Crippen MR) is 92.7 cm³/mol. The molecule has 0 fully saturated rings. The maximum absolute atomic E-state index is 6.36. The fourth-order valence-corrected chi connectivity index (χ4v) is 3.62. The first-order valence-electron chi connectivity index (χ1n) is 7.23. The van der Waals surface area contributed by atoms with E-state index in [4.69, 9.17) is 11.6 Å². The van der Waals surface area contributed by atoms with Gasteiger partial charge in [0.25, 0.3) is 0 Å². The van der Waals surface area contributed by atoms with Gasteiger partial charge >= 0.3 is 0 Å².